The van der Waals surface area contributed by atoms with Crippen molar-refractivity contribution in [2.75, 3.05) is 24.6 Å². The summed E-state index contributed by atoms with van der Waals surface area (Å²) < 4.78 is 43.3. The van der Waals surface area contributed by atoms with Crippen LogP contribution in [0, 0.1) is 22.7 Å². The van der Waals surface area contributed by atoms with Crippen molar-refractivity contribution in [1.82, 2.24) is 0 Å². The molecule has 0 amide bonds. The quantitative estimate of drug-likeness (QED) is 0.792. The average molecular weight is 281 g/mol. The minimum atomic E-state index is -4.55. The molecule has 1 saturated heterocycles. The van der Waals surface area contributed by atoms with E-state index < -0.39 is 23.4 Å². The molecule has 104 valence electrons. The maximum Gasteiger partial charge on any atom is 0.417 e. The normalized spacial score (nSPS) is 19.2. The number of morpholine rings is 1. The molecular formula is C13H10F3N3O. The van der Waals surface area contributed by atoms with Gasteiger partial charge in [-0.05, 0) is 18.2 Å². The average Bonchev–Trinajstić information content (AvgIpc) is 2.45. The molecule has 1 fully saturated rings. The fraction of sp³-hybridized carbons (Fsp3) is 0.385. The molecule has 2 rings (SSSR count). The minimum absolute atomic E-state index is 0.271. The third-order valence-electron chi connectivity index (χ3n) is 3.00. The van der Waals surface area contributed by atoms with Crippen LogP contribution in [0.4, 0.5) is 18.9 Å². The second-order valence-corrected chi connectivity index (χ2v) is 4.27. The Labute approximate surface area is 113 Å². The Morgan fingerprint density at radius 1 is 1.30 bits per heavy atom. The van der Waals surface area contributed by atoms with Crippen molar-refractivity contribution in [3.63, 3.8) is 0 Å². The van der Waals surface area contributed by atoms with Crippen molar-refractivity contribution >= 4 is 5.69 Å². The lowest BCUT2D eigenvalue weighted by Crippen LogP contribution is -2.41. The summed E-state index contributed by atoms with van der Waals surface area (Å²) in [4.78, 5) is 1.73. The lowest BCUT2D eigenvalue weighted by atomic mass is 10.1. The number of halogens is 3. The molecule has 1 aliphatic rings. The number of benzene rings is 1. The van der Waals surface area contributed by atoms with Crippen molar-refractivity contribution in [3.05, 3.63) is 29.3 Å². The number of nitriles is 2. The molecule has 1 heterocycles. The van der Waals surface area contributed by atoms with E-state index in [4.69, 9.17) is 15.3 Å². The molecule has 0 spiro atoms. The summed E-state index contributed by atoms with van der Waals surface area (Å²) in [5.74, 6) is 0. The van der Waals surface area contributed by atoms with Gasteiger partial charge in [0.05, 0.1) is 36.4 Å². The molecule has 1 atom stereocenters. The molecule has 0 saturated carbocycles. The van der Waals surface area contributed by atoms with Crippen LogP contribution in [-0.2, 0) is 10.9 Å². The molecule has 20 heavy (non-hydrogen) atoms. The lowest BCUT2D eigenvalue weighted by Gasteiger charge is -2.31. The van der Waals surface area contributed by atoms with Gasteiger partial charge in [-0.2, -0.15) is 23.7 Å². The molecule has 1 aromatic rings. The molecule has 7 heteroatoms. The third-order valence-corrected chi connectivity index (χ3v) is 3.00. The number of rotatable bonds is 1. The first-order chi connectivity index (χ1) is 9.45. The van der Waals surface area contributed by atoms with Crippen LogP contribution in [-0.4, -0.2) is 25.8 Å². The zero-order valence-corrected chi connectivity index (χ0v) is 10.3. The van der Waals surface area contributed by atoms with Crippen LogP contribution in [0.2, 0.25) is 0 Å². The van der Waals surface area contributed by atoms with E-state index in [0.717, 1.165) is 6.07 Å². The fourth-order valence-corrected chi connectivity index (χ4v) is 2.03. The van der Waals surface area contributed by atoms with Crippen molar-refractivity contribution < 1.29 is 17.9 Å². The van der Waals surface area contributed by atoms with E-state index in [1.165, 1.54) is 12.1 Å². The Bertz CT molecular complexity index is 586. The van der Waals surface area contributed by atoms with E-state index in [1.807, 2.05) is 6.07 Å². The lowest BCUT2D eigenvalue weighted by molar-refractivity contribution is -0.137. The van der Waals surface area contributed by atoms with Crippen LogP contribution in [0.25, 0.3) is 0 Å². The zero-order chi connectivity index (χ0) is 14.8. The second kappa shape index (κ2) is 5.40. The fourth-order valence-electron chi connectivity index (χ4n) is 2.03. The number of alkyl halides is 3. The van der Waals surface area contributed by atoms with Crippen LogP contribution in [0.5, 0.6) is 0 Å². The first-order valence-electron chi connectivity index (χ1n) is 5.83. The van der Waals surface area contributed by atoms with Crippen LogP contribution < -0.4 is 4.90 Å². The first-order valence-corrected chi connectivity index (χ1v) is 5.83. The standard InChI is InChI=1S/C13H10F3N3O/c14-13(15,16)12-2-1-10(5-9(12)6-17)19-3-4-20-11(7-18)8-19/h1-2,5,11H,3-4,8H2. The van der Waals surface area contributed by atoms with E-state index >= 15 is 0 Å². The number of hydrogen-bond acceptors (Lipinski definition) is 4. The smallest absolute Gasteiger partial charge is 0.365 e. The van der Waals surface area contributed by atoms with Gasteiger partial charge in [-0.1, -0.05) is 0 Å². The molecule has 4 nitrogen and oxygen atoms in total. The van der Waals surface area contributed by atoms with Crippen molar-refractivity contribution in [3.8, 4) is 12.1 Å². The molecule has 0 aliphatic carbocycles. The molecule has 1 aromatic carbocycles. The molecule has 0 aromatic heterocycles. The Balaban J connectivity index is 2.31. The monoisotopic (exact) mass is 281 g/mol. The summed E-state index contributed by atoms with van der Waals surface area (Å²) in [6.07, 6.45) is -5.17. The van der Waals surface area contributed by atoms with Gasteiger partial charge in [-0.15, -0.1) is 0 Å². The highest BCUT2D eigenvalue weighted by molar-refractivity contribution is 5.55. The summed E-state index contributed by atoms with van der Waals surface area (Å²) in [5.41, 5.74) is -0.887. The maximum absolute atomic E-state index is 12.7. The largest absolute Gasteiger partial charge is 0.417 e. The van der Waals surface area contributed by atoms with Gasteiger partial charge in [-0.3, -0.25) is 0 Å². The van der Waals surface area contributed by atoms with E-state index in [0.29, 0.717) is 18.8 Å². The Kier molecular flexibility index (Phi) is 3.82. The van der Waals surface area contributed by atoms with Crippen LogP contribution in [0.3, 0.4) is 0 Å². The van der Waals surface area contributed by atoms with Gasteiger partial charge < -0.3 is 9.64 Å². The maximum atomic E-state index is 12.7. The van der Waals surface area contributed by atoms with Crippen molar-refractivity contribution in [2.45, 2.75) is 12.3 Å². The van der Waals surface area contributed by atoms with Crippen molar-refractivity contribution in [2.24, 2.45) is 0 Å². The van der Waals surface area contributed by atoms with Gasteiger partial charge in [0.2, 0.25) is 0 Å². The molecule has 0 bridgehead atoms. The van der Waals surface area contributed by atoms with Crippen LogP contribution >= 0.6 is 0 Å². The molecule has 1 unspecified atom stereocenters. The summed E-state index contributed by atoms with van der Waals surface area (Å²) in [6.45, 7) is 1.06. The topological polar surface area (TPSA) is 60.1 Å². The number of nitrogens with zero attached hydrogens (tertiary/aromatic N) is 3. The Hall–Kier alpha value is -2.25. The SMILES string of the molecule is N#Cc1cc(N2CCOC(C#N)C2)ccc1C(F)(F)F. The summed E-state index contributed by atoms with van der Waals surface area (Å²) in [5, 5.41) is 17.7. The predicted molar refractivity (Wildman–Crippen MR) is 63.7 cm³/mol. The van der Waals surface area contributed by atoms with Gasteiger partial charge >= 0.3 is 6.18 Å². The molecule has 1 aliphatic heterocycles. The van der Waals surface area contributed by atoms with E-state index in [2.05, 4.69) is 0 Å². The number of anilines is 1. The molecule has 0 N–H and O–H groups in total. The van der Waals surface area contributed by atoms with Gasteiger partial charge in [0.15, 0.2) is 6.10 Å². The van der Waals surface area contributed by atoms with Gasteiger partial charge in [0, 0.05) is 12.2 Å². The highest BCUT2D eigenvalue weighted by Crippen LogP contribution is 2.33. The number of hydrogen-bond donors (Lipinski definition) is 0. The van der Waals surface area contributed by atoms with Gasteiger partial charge in [0.1, 0.15) is 0 Å². The number of ether oxygens (including phenoxy) is 1. The molecule has 0 radical (unpaired) electrons. The van der Waals surface area contributed by atoms with Crippen molar-refractivity contribution in [1.29, 1.82) is 10.5 Å². The van der Waals surface area contributed by atoms with Gasteiger partial charge in [0.25, 0.3) is 0 Å². The zero-order valence-electron chi connectivity index (χ0n) is 10.3. The van der Waals surface area contributed by atoms with Crippen LogP contribution in [0.15, 0.2) is 18.2 Å². The van der Waals surface area contributed by atoms with Crippen LogP contribution in [0.1, 0.15) is 11.1 Å². The third kappa shape index (κ3) is 2.84. The highest BCUT2D eigenvalue weighted by atomic mass is 19.4. The summed E-state index contributed by atoms with van der Waals surface area (Å²) in [7, 11) is 0. The second-order valence-electron chi connectivity index (χ2n) is 4.27. The highest BCUT2D eigenvalue weighted by Gasteiger charge is 2.34. The minimum Gasteiger partial charge on any atom is -0.365 e. The predicted octanol–water partition coefficient (Wildman–Crippen LogP) is 2.31. The molecular weight excluding hydrogens is 271 g/mol. The van der Waals surface area contributed by atoms with Gasteiger partial charge in [-0.25, -0.2) is 0 Å². The van der Waals surface area contributed by atoms with E-state index in [9.17, 15) is 13.2 Å². The summed E-state index contributed by atoms with van der Waals surface area (Å²) >= 11 is 0. The Morgan fingerprint density at radius 2 is 2.05 bits per heavy atom. The van der Waals surface area contributed by atoms with E-state index in [1.54, 1.807) is 11.0 Å². The first kappa shape index (κ1) is 14.2. The van der Waals surface area contributed by atoms with E-state index in [-0.39, 0.29) is 6.54 Å². The summed E-state index contributed by atoms with van der Waals surface area (Å²) in [6, 6.07) is 6.92. The Morgan fingerprint density at radius 3 is 2.65 bits per heavy atom.